The van der Waals surface area contributed by atoms with Gasteiger partial charge in [-0.15, -0.1) is 0 Å². The maximum atomic E-state index is 8.89. The molecular weight excluding hydrogens is 239 g/mol. The van der Waals surface area contributed by atoms with E-state index in [0.29, 0.717) is 5.02 Å². The summed E-state index contributed by atoms with van der Waals surface area (Å²) < 4.78 is 0.856. The molecule has 0 aliphatic rings. The molecule has 65 valence electrons. The van der Waals surface area contributed by atoms with Crippen LogP contribution in [0.15, 0.2) is 22.7 Å². The van der Waals surface area contributed by atoms with Gasteiger partial charge in [0.2, 0.25) is 0 Å². The maximum Gasteiger partial charge on any atom is 0.0586 e. The molecule has 0 heterocycles. The Morgan fingerprint density at radius 3 is 2.83 bits per heavy atom. The van der Waals surface area contributed by atoms with Crippen LogP contribution in [0.25, 0.3) is 0 Å². The van der Waals surface area contributed by atoms with Crippen LogP contribution in [0, 0.1) is 5.92 Å². The first-order valence-corrected chi connectivity index (χ1v) is 4.71. The first kappa shape index (κ1) is 10.0. The van der Waals surface area contributed by atoms with E-state index in [2.05, 4.69) is 15.9 Å². The lowest BCUT2D eigenvalue weighted by Crippen LogP contribution is -2.00. The fourth-order valence-corrected chi connectivity index (χ4v) is 1.57. The SMILES string of the molecule is C[C](CO)c1cccc(Br)c1Cl. The number of aliphatic hydroxyl groups is 1. The summed E-state index contributed by atoms with van der Waals surface area (Å²) in [6.45, 7) is 1.89. The van der Waals surface area contributed by atoms with E-state index in [1.54, 1.807) is 0 Å². The van der Waals surface area contributed by atoms with Gasteiger partial charge in [0.05, 0.1) is 11.6 Å². The molecule has 12 heavy (non-hydrogen) atoms. The van der Waals surface area contributed by atoms with Gasteiger partial charge in [0, 0.05) is 10.4 Å². The largest absolute Gasteiger partial charge is 0.395 e. The van der Waals surface area contributed by atoms with Gasteiger partial charge in [-0.3, -0.25) is 0 Å². The van der Waals surface area contributed by atoms with Crippen molar-refractivity contribution in [1.29, 1.82) is 0 Å². The normalized spacial score (nSPS) is 10.8. The van der Waals surface area contributed by atoms with Gasteiger partial charge >= 0.3 is 0 Å². The summed E-state index contributed by atoms with van der Waals surface area (Å²) >= 11 is 9.30. The maximum absolute atomic E-state index is 8.89. The Kier molecular flexibility index (Phi) is 3.56. The predicted molar refractivity (Wildman–Crippen MR) is 54.3 cm³/mol. The van der Waals surface area contributed by atoms with Gasteiger partial charge in [0.15, 0.2) is 0 Å². The van der Waals surface area contributed by atoms with Crippen molar-refractivity contribution in [2.24, 2.45) is 0 Å². The van der Waals surface area contributed by atoms with Crippen LogP contribution in [0.1, 0.15) is 12.5 Å². The highest BCUT2D eigenvalue weighted by Gasteiger charge is 2.10. The molecule has 0 aliphatic carbocycles. The molecule has 0 fully saturated rings. The molecule has 0 bridgehead atoms. The van der Waals surface area contributed by atoms with E-state index in [4.69, 9.17) is 16.7 Å². The zero-order valence-electron chi connectivity index (χ0n) is 6.64. The van der Waals surface area contributed by atoms with Crippen LogP contribution in [-0.2, 0) is 0 Å². The fraction of sp³-hybridized carbons (Fsp3) is 0.222. The Labute approximate surface area is 85.5 Å². The van der Waals surface area contributed by atoms with Crippen LogP contribution in [0.5, 0.6) is 0 Å². The number of halogens is 2. The number of benzene rings is 1. The molecule has 0 unspecified atom stereocenters. The van der Waals surface area contributed by atoms with E-state index in [0.717, 1.165) is 16.0 Å². The van der Waals surface area contributed by atoms with Gasteiger partial charge in [-0.05, 0) is 27.6 Å². The van der Waals surface area contributed by atoms with Crippen molar-refractivity contribution in [3.05, 3.63) is 39.2 Å². The monoisotopic (exact) mass is 247 g/mol. The quantitative estimate of drug-likeness (QED) is 0.853. The van der Waals surface area contributed by atoms with Gasteiger partial charge in [0.1, 0.15) is 0 Å². The van der Waals surface area contributed by atoms with Crippen LogP contribution in [0.3, 0.4) is 0 Å². The second-order valence-corrected chi connectivity index (χ2v) is 3.77. The molecule has 0 amide bonds. The lowest BCUT2D eigenvalue weighted by Gasteiger charge is -2.10. The molecule has 0 atom stereocenters. The fourth-order valence-electron chi connectivity index (χ4n) is 0.919. The standard InChI is InChI=1S/C9H9BrClO/c1-6(5-12)7-3-2-4-8(10)9(7)11/h2-4,12H,5H2,1H3. The highest BCUT2D eigenvalue weighted by molar-refractivity contribution is 9.10. The summed E-state index contributed by atoms with van der Waals surface area (Å²) in [4.78, 5) is 0. The lowest BCUT2D eigenvalue weighted by molar-refractivity contribution is 0.315. The first-order chi connectivity index (χ1) is 5.66. The Morgan fingerprint density at radius 1 is 1.58 bits per heavy atom. The van der Waals surface area contributed by atoms with Crippen molar-refractivity contribution in [3.63, 3.8) is 0 Å². The molecule has 1 nitrogen and oxygen atoms in total. The van der Waals surface area contributed by atoms with E-state index < -0.39 is 0 Å². The van der Waals surface area contributed by atoms with Crippen LogP contribution < -0.4 is 0 Å². The minimum absolute atomic E-state index is 0.0379. The van der Waals surface area contributed by atoms with Crippen molar-refractivity contribution < 1.29 is 5.11 Å². The number of rotatable bonds is 2. The van der Waals surface area contributed by atoms with Gasteiger partial charge < -0.3 is 5.11 Å². The molecule has 1 N–H and O–H groups in total. The zero-order chi connectivity index (χ0) is 9.14. The third kappa shape index (κ3) is 2.00. The van der Waals surface area contributed by atoms with Crippen LogP contribution in [-0.4, -0.2) is 11.7 Å². The molecule has 1 aromatic rings. The van der Waals surface area contributed by atoms with E-state index in [1.807, 2.05) is 25.1 Å². The Bertz CT molecular complexity index is 275. The predicted octanol–water partition coefficient (Wildman–Crippen LogP) is 3.04. The average Bonchev–Trinajstić information content (AvgIpc) is 2.08. The average molecular weight is 249 g/mol. The van der Waals surface area contributed by atoms with Crippen molar-refractivity contribution in [2.75, 3.05) is 6.61 Å². The third-order valence-electron chi connectivity index (χ3n) is 1.65. The summed E-state index contributed by atoms with van der Waals surface area (Å²) in [5.41, 5.74) is 0.897. The second kappa shape index (κ2) is 4.26. The Hall–Kier alpha value is -0.0500. The molecule has 0 aromatic heterocycles. The number of hydrogen-bond donors (Lipinski definition) is 1. The molecule has 1 radical (unpaired) electrons. The Balaban J connectivity index is 3.07. The summed E-state index contributed by atoms with van der Waals surface area (Å²) in [6, 6.07) is 5.65. The minimum Gasteiger partial charge on any atom is -0.395 e. The van der Waals surface area contributed by atoms with E-state index in [-0.39, 0.29) is 6.61 Å². The van der Waals surface area contributed by atoms with Crippen molar-refractivity contribution >= 4 is 27.5 Å². The van der Waals surface area contributed by atoms with Crippen molar-refractivity contribution in [3.8, 4) is 0 Å². The molecule has 0 spiro atoms. The third-order valence-corrected chi connectivity index (χ3v) is 2.94. The van der Waals surface area contributed by atoms with Crippen LogP contribution >= 0.6 is 27.5 Å². The van der Waals surface area contributed by atoms with E-state index in [1.165, 1.54) is 0 Å². The molecule has 3 heteroatoms. The second-order valence-electron chi connectivity index (χ2n) is 2.54. The molecule has 1 aromatic carbocycles. The van der Waals surface area contributed by atoms with Crippen molar-refractivity contribution in [1.82, 2.24) is 0 Å². The van der Waals surface area contributed by atoms with E-state index in [9.17, 15) is 0 Å². The first-order valence-electron chi connectivity index (χ1n) is 3.54. The molecular formula is C9H9BrClO. The summed E-state index contributed by atoms with van der Waals surface area (Å²) in [7, 11) is 0. The summed E-state index contributed by atoms with van der Waals surface area (Å²) in [6.07, 6.45) is 0. The van der Waals surface area contributed by atoms with Gasteiger partial charge in [-0.1, -0.05) is 30.7 Å². The van der Waals surface area contributed by atoms with Crippen molar-refractivity contribution in [2.45, 2.75) is 6.92 Å². The highest BCUT2D eigenvalue weighted by atomic mass is 79.9. The van der Waals surface area contributed by atoms with Gasteiger partial charge in [-0.25, -0.2) is 0 Å². The Morgan fingerprint density at radius 2 is 2.25 bits per heavy atom. The smallest absolute Gasteiger partial charge is 0.0586 e. The summed E-state index contributed by atoms with van der Waals surface area (Å²) in [5, 5.41) is 9.55. The number of aliphatic hydroxyl groups excluding tert-OH is 1. The topological polar surface area (TPSA) is 20.2 Å². The lowest BCUT2D eigenvalue weighted by atomic mass is 10.0. The molecule has 0 saturated carbocycles. The molecule has 1 rings (SSSR count). The molecule has 0 saturated heterocycles. The highest BCUT2D eigenvalue weighted by Crippen LogP contribution is 2.30. The van der Waals surface area contributed by atoms with Gasteiger partial charge in [0.25, 0.3) is 0 Å². The van der Waals surface area contributed by atoms with Gasteiger partial charge in [-0.2, -0.15) is 0 Å². The zero-order valence-corrected chi connectivity index (χ0v) is 8.98. The number of hydrogen-bond acceptors (Lipinski definition) is 1. The summed E-state index contributed by atoms with van der Waals surface area (Å²) in [5.74, 6) is 0.876. The van der Waals surface area contributed by atoms with Crippen LogP contribution in [0.4, 0.5) is 0 Å². The van der Waals surface area contributed by atoms with E-state index >= 15 is 0 Å². The minimum atomic E-state index is 0.0379. The van der Waals surface area contributed by atoms with Crippen LogP contribution in [0.2, 0.25) is 5.02 Å². The molecule has 0 aliphatic heterocycles.